The molecule has 0 heterocycles. The average molecular weight is 308 g/mol. The molecule has 3 atom stereocenters. The van der Waals surface area contributed by atoms with Gasteiger partial charge in [0, 0.05) is 11.1 Å². The fourth-order valence-electron chi connectivity index (χ4n) is 3.70. The lowest BCUT2D eigenvalue weighted by atomic mass is 9.71. The Balaban J connectivity index is 2.05. The summed E-state index contributed by atoms with van der Waals surface area (Å²) in [5, 5.41) is 4.65. The molecule has 0 aliphatic heterocycles. The maximum atomic E-state index is 6.15. The summed E-state index contributed by atoms with van der Waals surface area (Å²) in [6.07, 6.45) is 6.43. The van der Waals surface area contributed by atoms with Crippen molar-refractivity contribution in [2.45, 2.75) is 58.9 Å². The maximum absolute atomic E-state index is 6.15. The van der Waals surface area contributed by atoms with Gasteiger partial charge in [0.05, 0.1) is 0 Å². The minimum absolute atomic E-state index is 0.680. The van der Waals surface area contributed by atoms with Crippen LogP contribution >= 0.6 is 11.6 Å². The zero-order valence-electron chi connectivity index (χ0n) is 13.7. The van der Waals surface area contributed by atoms with E-state index in [1.807, 2.05) is 6.07 Å². The zero-order valence-corrected chi connectivity index (χ0v) is 14.5. The van der Waals surface area contributed by atoms with Crippen molar-refractivity contribution < 1.29 is 0 Å². The highest BCUT2D eigenvalue weighted by atomic mass is 35.5. The second-order valence-corrected chi connectivity index (χ2v) is 7.41. The number of halogens is 1. The molecule has 0 aromatic heterocycles. The first-order valence-corrected chi connectivity index (χ1v) is 8.95. The van der Waals surface area contributed by atoms with Crippen LogP contribution in [-0.2, 0) is 6.42 Å². The molecule has 0 radical (unpaired) electrons. The van der Waals surface area contributed by atoms with Gasteiger partial charge in [-0.15, -0.1) is 0 Å². The smallest absolute Gasteiger partial charge is 0.0408 e. The van der Waals surface area contributed by atoms with Crippen molar-refractivity contribution in [3.05, 3.63) is 34.9 Å². The van der Waals surface area contributed by atoms with E-state index in [2.05, 4.69) is 44.3 Å². The predicted octanol–water partition coefficient (Wildman–Crippen LogP) is 5.32. The van der Waals surface area contributed by atoms with Crippen LogP contribution in [0.5, 0.6) is 0 Å². The SMILES string of the molecule is CCCNC1CCC(C(C)C)CC1Cc1cccc(Cl)c1. The summed E-state index contributed by atoms with van der Waals surface area (Å²) in [6.45, 7) is 8.14. The number of rotatable bonds is 6. The first-order chi connectivity index (χ1) is 10.1. The molecular weight excluding hydrogens is 278 g/mol. The van der Waals surface area contributed by atoms with Crippen molar-refractivity contribution in [1.29, 1.82) is 0 Å². The normalized spacial score (nSPS) is 26.2. The molecular formula is C19H30ClN. The largest absolute Gasteiger partial charge is 0.314 e. The molecule has 1 aromatic carbocycles. The predicted molar refractivity (Wildman–Crippen MR) is 92.9 cm³/mol. The van der Waals surface area contributed by atoms with Crippen LogP contribution in [0.15, 0.2) is 24.3 Å². The van der Waals surface area contributed by atoms with Crippen molar-refractivity contribution in [1.82, 2.24) is 5.32 Å². The summed E-state index contributed by atoms with van der Waals surface area (Å²) in [4.78, 5) is 0. The second-order valence-electron chi connectivity index (χ2n) is 6.97. The Kier molecular flexibility index (Phi) is 6.57. The molecule has 0 spiro atoms. The van der Waals surface area contributed by atoms with Gasteiger partial charge in [0.2, 0.25) is 0 Å². The number of hydrogen-bond donors (Lipinski definition) is 1. The van der Waals surface area contributed by atoms with Crippen molar-refractivity contribution >= 4 is 11.6 Å². The Morgan fingerprint density at radius 1 is 1.29 bits per heavy atom. The third-order valence-corrected chi connectivity index (χ3v) is 5.24. The van der Waals surface area contributed by atoms with Crippen LogP contribution in [-0.4, -0.2) is 12.6 Å². The van der Waals surface area contributed by atoms with Crippen molar-refractivity contribution in [2.75, 3.05) is 6.54 Å². The standard InChI is InChI=1S/C19H30ClN/c1-4-10-21-19-9-8-16(14(2)3)13-17(19)11-15-6-5-7-18(20)12-15/h5-7,12,14,16-17,19,21H,4,8-11,13H2,1-3H3. The second kappa shape index (κ2) is 8.19. The van der Waals surface area contributed by atoms with Gasteiger partial charge >= 0.3 is 0 Å². The Morgan fingerprint density at radius 2 is 2.10 bits per heavy atom. The Hall–Kier alpha value is -0.530. The molecule has 0 amide bonds. The molecule has 0 saturated heterocycles. The van der Waals surface area contributed by atoms with Gasteiger partial charge in [-0.1, -0.05) is 44.5 Å². The molecule has 1 saturated carbocycles. The van der Waals surface area contributed by atoms with Crippen LogP contribution in [0, 0.1) is 17.8 Å². The topological polar surface area (TPSA) is 12.0 Å². The molecule has 2 rings (SSSR count). The Morgan fingerprint density at radius 3 is 2.76 bits per heavy atom. The van der Waals surface area contributed by atoms with E-state index in [0.717, 1.165) is 35.7 Å². The van der Waals surface area contributed by atoms with E-state index < -0.39 is 0 Å². The average Bonchev–Trinajstić information content (AvgIpc) is 2.46. The molecule has 21 heavy (non-hydrogen) atoms. The molecule has 1 N–H and O–H groups in total. The minimum atomic E-state index is 0.680. The first-order valence-electron chi connectivity index (χ1n) is 8.58. The number of benzene rings is 1. The number of nitrogens with one attached hydrogen (secondary N) is 1. The van der Waals surface area contributed by atoms with Crippen LogP contribution < -0.4 is 5.32 Å². The van der Waals surface area contributed by atoms with Gasteiger partial charge in [0.25, 0.3) is 0 Å². The molecule has 1 aliphatic carbocycles. The summed E-state index contributed by atoms with van der Waals surface area (Å²) in [5.74, 6) is 2.43. The summed E-state index contributed by atoms with van der Waals surface area (Å²) < 4.78 is 0. The van der Waals surface area contributed by atoms with Crippen LogP contribution in [0.3, 0.4) is 0 Å². The van der Waals surface area contributed by atoms with E-state index in [1.54, 1.807) is 0 Å². The fourth-order valence-corrected chi connectivity index (χ4v) is 3.91. The van der Waals surface area contributed by atoms with E-state index in [0.29, 0.717) is 6.04 Å². The highest BCUT2D eigenvalue weighted by molar-refractivity contribution is 6.30. The van der Waals surface area contributed by atoms with E-state index in [1.165, 1.54) is 31.2 Å². The minimum Gasteiger partial charge on any atom is -0.314 e. The molecule has 1 fully saturated rings. The number of hydrogen-bond acceptors (Lipinski definition) is 1. The molecule has 1 aromatic rings. The van der Waals surface area contributed by atoms with Crippen LogP contribution in [0.2, 0.25) is 5.02 Å². The fraction of sp³-hybridized carbons (Fsp3) is 0.684. The van der Waals surface area contributed by atoms with E-state index in [9.17, 15) is 0 Å². The highest BCUT2D eigenvalue weighted by Gasteiger charge is 2.31. The molecule has 1 nitrogen and oxygen atoms in total. The Bertz CT molecular complexity index is 429. The zero-order chi connectivity index (χ0) is 15.2. The van der Waals surface area contributed by atoms with Gasteiger partial charge in [0.1, 0.15) is 0 Å². The summed E-state index contributed by atoms with van der Waals surface area (Å²) >= 11 is 6.15. The van der Waals surface area contributed by atoms with Crippen molar-refractivity contribution in [3.63, 3.8) is 0 Å². The molecule has 1 aliphatic rings. The first kappa shape index (κ1) is 16.8. The van der Waals surface area contributed by atoms with Gasteiger partial charge in [-0.25, -0.2) is 0 Å². The van der Waals surface area contributed by atoms with Crippen molar-refractivity contribution in [2.24, 2.45) is 17.8 Å². The van der Waals surface area contributed by atoms with Gasteiger partial charge in [-0.05, 0) is 74.1 Å². The summed E-state index contributed by atoms with van der Waals surface area (Å²) in [5.41, 5.74) is 1.39. The molecule has 2 heteroatoms. The van der Waals surface area contributed by atoms with Gasteiger partial charge < -0.3 is 5.32 Å². The molecule has 3 unspecified atom stereocenters. The van der Waals surface area contributed by atoms with Crippen molar-refractivity contribution in [3.8, 4) is 0 Å². The Labute approximate surface area is 135 Å². The summed E-state index contributed by atoms with van der Waals surface area (Å²) in [7, 11) is 0. The van der Waals surface area contributed by atoms with E-state index >= 15 is 0 Å². The van der Waals surface area contributed by atoms with Gasteiger partial charge in [-0.3, -0.25) is 0 Å². The monoisotopic (exact) mass is 307 g/mol. The lowest BCUT2D eigenvalue weighted by molar-refractivity contribution is 0.167. The van der Waals surface area contributed by atoms with Crippen LogP contribution in [0.4, 0.5) is 0 Å². The molecule has 118 valence electrons. The quantitative estimate of drug-likeness (QED) is 0.749. The molecule has 0 bridgehead atoms. The lowest BCUT2D eigenvalue weighted by Crippen LogP contribution is -2.42. The summed E-state index contributed by atoms with van der Waals surface area (Å²) in [6, 6.07) is 9.09. The van der Waals surface area contributed by atoms with Gasteiger partial charge in [0.15, 0.2) is 0 Å². The van der Waals surface area contributed by atoms with E-state index in [-0.39, 0.29) is 0 Å². The van der Waals surface area contributed by atoms with Gasteiger partial charge in [-0.2, -0.15) is 0 Å². The lowest BCUT2D eigenvalue weighted by Gasteiger charge is -2.38. The third-order valence-electron chi connectivity index (χ3n) is 5.01. The van der Waals surface area contributed by atoms with Crippen LogP contribution in [0.1, 0.15) is 52.0 Å². The maximum Gasteiger partial charge on any atom is 0.0408 e. The third kappa shape index (κ3) is 5.00. The highest BCUT2D eigenvalue weighted by Crippen LogP contribution is 2.36. The van der Waals surface area contributed by atoms with E-state index in [4.69, 9.17) is 11.6 Å². The van der Waals surface area contributed by atoms with Crippen LogP contribution in [0.25, 0.3) is 0 Å².